The zero-order valence-corrected chi connectivity index (χ0v) is 15.2. The fourth-order valence-corrected chi connectivity index (χ4v) is 4.12. The summed E-state index contributed by atoms with van der Waals surface area (Å²) in [5, 5.41) is 12.4. The Morgan fingerprint density at radius 1 is 1.11 bits per heavy atom. The third-order valence-electron chi connectivity index (χ3n) is 4.33. The van der Waals surface area contributed by atoms with Gasteiger partial charge in [0.15, 0.2) is 0 Å². The van der Waals surface area contributed by atoms with Gasteiger partial charge in [-0.3, -0.25) is 10.1 Å². The molecular formula is C20H17N3O3S. The van der Waals surface area contributed by atoms with Crippen LogP contribution in [0.4, 0.5) is 5.69 Å². The zero-order chi connectivity index (χ0) is 18.8. The van der Waals surface area contributed by atoms with E-state index in [2.05, 4.69) is 10.6 Å². The summed E-state index contributed by atoms with van der Waals surface area (Å²) in [4.78, 5) is 12.6. The van der Waals surface area contributed by atoms with Gasteiger partial charge >= 0.3 is 0 Å². The van der Waals surface area contributed by atoms with Crippen molar-refractivity contribution >= 4 is 28.4 Å². The van der Waals surface area contributed by atoms with Crippen molar-refractivity contribution in [2.24, 2.45) is 5.73 Å². The maximum absolute atomic E-state index is 11.3. The van der Waals surface area contributed by atoms with E-state index in [9.17, 15) is 10.1 Å². The molecule has 0 radical (unpaired) electrons. The Hall–Kier alpha value is -3.03. The van der Waals surface area contributed by atoms with Crippen molar-refractivity contribution in [2.45, 2.75) is 22.9 Å². The van der Waals surface area contributed by atoms with Crippen LogP contribution < -0.4 is 5.73 Å². The molecule has 0 aliphatic carbocycles. The van der Waals surface area contributed by atoms with Crippen molar-refractivity contribution in [1.29, 1.82) is 0 Å². The molecule has 0 amide bonds. The van der Waals surface area contributed by atoms with Gasteiger partial charge in [-0.05, 0) is 29.8 Å². The van der Waals surface area contributed by atoms with Crippen molar-refractivity contribution in [3.05, 3.63) is 88.5 Å². The highest BCUT2D eigenvalue weighted by atomic mass is 32.2. The van der Waals surface area contributed by atoms with Crippen LogP contribution >= 0.6 is 11.8 Å². The van der Waals surface area contributed by atoms with Crippen molar-refractivity contribution in [2.75, 3.05) is 0 Å². The average molecular weight is 379 g/mol. The van der Waals surface area contributed by atoms with Crippen molar-refractivity contribution in [3.63, 3.8) is 0 Å². The molecule has 0 bridgehead atoms. The van der Waals surface area contributed by atoms with Crippen LogP contribution in [-0.2, 0) is 13.1 Å². The van der Waals surface area contributed by atoms with Gasteiger partial charge in [0.1, 0.15) is 5.76 Å². The lowest BCUT2D eigenvalue weighted by Crippen LogP contribution is -1.99. The second-order valence-electron chi connectivity index (χ2n) is 6.08. The number of para-hydroxylation sites is 1. The number of hydrogen-bond acceptors (Lipinski definition) is 5. The van der Waals surface area contributed by atoms with E-state index in [1.54, 1.807) is 18.4 Å². The Balaban J connectivity index is 1.80. The summed E-state index contributed by atoms with van der Waals surface area (Å²) >= 11 is 1.39. The molecule has 27 heavy (non-hydrogen) atoms. The molecular weight excluding hydrogens is 362 g/mol. The van der Waals surface area contributed by atoms with Gasteiger partial charge in [-0.1, -0.05) is 36.0 Å². The van der Waals surface area contributed by atoms with E-state index in [0.717, 1.165) is 27.1 Å². The van der Waals surface area contributed by atoms with Crippen LogP contribution in [0.25, 0.3) is 10.9 Å². The number of nitro groups is 1. The summed E-state index contributed by atoms with van der Waals surface area (Å²) in [6.45, 7) is 1.03. The van der Waals surface area contributed by atoms with Crippen LogP contribution in [0.5, 0.6) is 0 Å². The minimum absolute atomic E-state index is 0.105. The van der Waals surface area contributed by atoms with E-state index in [4.69, 9.17) is 10.2 Å². The smallest absolute Gasteiger partial charge is 0.283 e. The van der Waals surface area contributed by atoms with Crippen molar-refractivity contribution in [1.82, 2.24) is 4.57 Å². The molecule has 0 unspecified atom stereocenters. The molecule has 136 valence electrons. The van der Waals surface area contributed by atoms with E-state index < -0.39 is 0 Å². The molecule has 0 fully saturated rings. The van der Waals surface area contributed by atoms with E-state index >= 15 is 0 Å². The Morgan fingerprint density at radius 3 is 2.70 bits per heavy atom. The van der Waals surface area contributed by atoms with Gasteiger partial charge in [0.25, 0.3) is 5.69 Å². The molecule has 4 rings (SSSR count). The second-order valence-corrected chi connectivity index (χ2v) is 7.17. The Morgan fingerprint density at radius 2 is 1.96 bits per heavy atom. The number of aromatic nitrogens is 1. The van der Waals surface area contributed by atoms with Crippen molar-refractivity contribution in [3.8, 4) is 0 Å². The summed E-state index contributed by atoms with van der Waals surface area (Å²) in [7, 11) is 0. The summed E-state index contributed by atoms with van der Waals surface area (Å²) < 4.78 is 7.57. The van der Waals surface area contributed by atoms with E-state index in [0.29, 0.717) is 18.0 Å². The van der Waals surface area contributed by atoms with Crippen LogP contribution in [0, 0.1) is 10.1 Å². The third-order valence-corrected chi connectivity index (χ3v) is 5.44. The fraction of sp³-hybridized carbons (Fsp3) is 0.100. The van der Waals surface area contributed by atoms with Crippen molar-refractivity contribution < 1.29 is 9.34 Å². The Kier molecular flexibility index (Phi) is 4.70. The van der Waals surface area contributed by atoms with Crippen LogP contribution in [0.1, 0.15) is 11.3 Å². The molecule has 2 N–H and O–H groups in total. The molecule has 0 aliphatic rings. The first-order valence-corrected chi connectivity index (χ1v) is 9.23. The van der Waals surface area contributed by atoms with Crippen LogP contribution in [0.3, 0.4) is 0 Å². The highest BCUT2D eigenvalue weighted by Gasteiger charge is 2.17. The fourth-order valence-electron chi connectivity index (χ4n) is 3.03. The molecule has 0 aliphatic heterocycles. The first-order chi connectivity index (χ1) is 13.2. The first kappa shape index (κ1) is 17.4. The van der Waals surface area contributed by atoms with Gasteiger partial charge in [0.2, 0.25) is 0 Å². The predicted octanol–water partition coefficient (Wildman–Crippen LogP) is 4.80. The highest BCUT2D eigenvalue weighted by Crippen LogP contribution is 2.39. The largest absolute Gasteiger partial charge is 0.467 e. The third kappa shape index (κ3) is 3.47. The van der Waals surface area contributed by atoms with Gasteiger partial charge in [-0.15, -0.1) is 0 Å². The molecule has 6 nitrogen and oxygen atoms in total. The van der Waals surface area contributed by atoms with Gasteiger partial charge in [-0.25, -0.2) is 0 Å². The predicted molar refractivity (Wildman–Crippen MR) is 105 cm³/mol. The zero-order valence-electron chi connectivity index (χ0n) is 14.4. The molecule has 2 aromatic carbocycles. The molecule has 0 spiro atoms. The van der Waals surface area contributed by atoms with Gasteiger partial charge in [0.05, 0.1) is 22.6 Å². The lowest BCUT2D eigenvalue weighted by Gasteiger charge is -2.04. The minimum atomic E-state index is -0.350. The average Bonchev–Trinajstić information content (AvgIpc) is 3.30. The van der Waals surface area contributed by atoms with E-state index in [-0.39, 0.29) is 10.6 Å². The molecule has 2 aromatic heterocycles. The van der Waals surface area contributed by atoms with Crippen LogP contribution in [-0.4, -0.2) is 9.49 Å². The Labute approximate surface area is 159 Å². The monoisotopic (exact) mass is 379 g/mol. The first-order valence-electron chi connectivity index (χ1n) is 8.41. The number of furan rings is 1. The van der Waals surface area contributed by atoms with E-state index in [1.165, 1.54) is 17.8 Å². The minimum Gasteiger partial charge on any atom is -0.467 e. The van der Waals surface area contributed by atoms with E-state index in [1.807, 2.05) is 36.5 Å². The summed E-state index contributed by atoms with van der Waals surface area (Å²) in [5.41, 5.74) is 7.96. The number of rotatable bonds is 6. The number of nitro benzene ring substituents is 1. The quantitative estimate of drug-likeness (QED) is 0.384. The maximum Gasteiger partial charge on any atom is 0.283 e. The lowest BCUT2D eigenvalue weighted by molar-refractivity contribution is -0.387. The summed E-state index contributed by atoms with van der Waals surface area (Å²) in [6.07, 6.45) is 3.66. The van der Waals surface area contributed by atoms with Gasteiger partial charge in [-0.2, -0.15) is 0 Å². The lowest BCUT2D eigenvalue weighted by atomic mass is 10.1. The van der Waals surface area contributed by atoms with Gasteiger partial charge < -0.3 is 14.7 Å². The topological polar surface area (TPSA) is 87.2 Å². The molecule has 0 atom stereocenters. The second kappa shape index (κ2) is 7.30. The number of nitrogens with zero attached hydrogens (tertiary/aromatic N) is 2. The normalized spacial score (nSPS) is 11.1. The molecule has 0 saturated heterocycles. The molecule has 7 heteroatoms. The number of hydrogen-bond donors (Lipinski definition) is 1. The molecule has 4 aromatic rings. The van der Waals surface area contributed by atoms with Gasteiger partial charge in [0, 0.05) is 34.6 Å². The molecule has 2 heterocycles. The Bertz CT molecular complexity index is 1100. The highest BCUT2D eigenvalue weighted by molar-refractivity contribution is 7.99. The number of fused-ring (bicyclic) bond motifs is 1. The number of benzene rings is 2. The summed E-state index contributed by atoms with van der Waals surface area (Å²) in [5.74, 6) is 0.840. The number of nitrogens with two attached hydrogens (primary N) is 1. The summed E-state index contributed by atoms with van der Waals surface area (Å²) in [6, 6.07) is 16.6. The van der Waals surface area contributed by atoms with Crippen LogP contribution in [0.2, 0.25) is 0 Å². The molecule has 0 saturated carbocycles. The van der Waals surface area contributed by atoms with Crippen LogP contribution in [0.15, 0.2) is 81.3 Å². The maximum atomic E-state index is 11.3. The SMILES string of the molecule is NCc1ccc2c(Sc3ccccc3[N+](=O)[O-])cn(Cc3ccco3)c2c1. The standard InChI is InChI=1S/C20H17N3O3S/c21-11-14-7-8-16-18(10-14)22(12-15-4-3-9-26-15)13-20(16)27-19-6-2-1-5-17(19)23(24)25/h1-10,13H,11-12,21H2.